The highest BCUT2D eigenvalue weighted by molar-refractivity contribution is 6.48. The third-order valence-corrected chi connectivity index (χ3v) is 5.78. The van der Waals surface area contributed by atoms with Crippen molar-refractivity contribution in [2.75, 3.05) is 19.7 Å². The van der Waals surface area contributed by atoms with E-state index in [0.717, 1.165) is 0 Å². The molecule has 7 nitrogen and oxygen atoms in total. The molecule has 0 aromatic rings. The van der Waals surface area contributed by atoms with Gasteiger partial charge in [-0.2, -0.15) is 0 Å². The van der Waals surface area contributed by atoms with Gasteiger partial charge < -0.3 is 19.2 Å². The summed E-state index contributed by atoms with van der Waals surface area (Å²) >= 11 is 0. The lowest BCUT2D eigenvalue weighted by atomic mass is 9.78. The number of nitrogens with zero attached hydrogens (tertiary/aromatic N) is 1. The molecule has 2 amide bonds. The van der Waals surface area contributed by atoms with Crippen molar-refractivity contribution in [1.82, 2.24) is 10.2 Å². The highest BCUT2D eigenvalue weighted by Crippen LogP contribution is 2.45. The SMILES string of the molecule is C=CCOC(=O)NCC[C@]1(O[SiH](C)C)C[C@H](C(C)(C)C)CN1C(=O)OC(C)(C)C. The van der Waals surface area contributed by atoms with Crippen LogP contribution in [0.15, 0.2) is 12.7 Å². The van der Waals surface area contributed by atoms with Crippen molar-refractivity contribution in [2.45, 2.75) is 78.8 Å². The Morgan fingerprint density at radius 2 is 1.86 bits per heavy atom. The first-order valence-electron chi connectivity index (χ1n) is 10.4. The Hall–Kier alpha value is -1.54. The topological polar surface area (TPSA) is 77.1 Å². The Labute approximate surface area is 177 Å². The van der Waals surface area contributed by atoms with Gasteiger partial charge in [-0.05, 0) is 51.6 Å². The number of alkyl carbamates (subject to hydrolysis) is 1. The van der Waals surface area contributed by atoms with Crippen molar-refractivity contribution < 1.29 is 23.5 Å². The zero-order chi connectivity index (χ0) is 22.5. The van der Waals surface area contributed by atoms with E-state index in [2.05, 4.69) is 45.8 Å². The number of amides is 2. The largest absolute Gasteiger partial charge is 0.445 e. The number of hydrogen-bond donors (Lipinski definition) is 1. The summed E-state index contributed by atoms with van der Waals surface area (Å²) in [6, 6.07) is 0. The van der Waals surface area contributed by atoms with Crippen LogP contribution in [0.3, 0.4) is 0 Å². The molecule has 0 aliphatic carbocycles. The first kappa shape index (κ1) is 25.5. The second-order valence-corrected chi connectivity index (χ2v) is 12.4. The van der Waals surface area contributed by atoms with Gasteiger partial charge in [0.25, 0.3) is 0 Å². The van der Waals surface area contributed by atoms with Crippen molar-refractivity contribution in [3.8, 4) is 0 Å². The van der Waals surface area contributed by atoms with E-state index in [0.29, 0.717) is 25.9 Å². The van der Waals surface area contributed by atoms with E-state index in [1.54, 1.807) is 4.90 Å². The molecular weight excluding hydrogens is 388 g/mol. The van der Waals surface area contributed by atoms with Crippen LogP contribution in [0.25, 0.3) is 0 Å². The van der Waals surface area contributed by atoms with Gasteiger partial charge in [0.05, 0.1) is 0 Å². The molecule has 0 aromatic heterocycles. The smallest absolute Gasteiger partial charge is 0.412 e. The monoisotopic (exact) mass is 428 g/mol. The molecule has 0 spiro atoms. The lowest BCUT2D eigenvalue weighted by Gasteiger charge is -2.40. The van der Waals surface area contributed by atoms with E-state index < -0.39 is 26.5 Å². The normalized spacial score (nSPS) is 22.5. The molecule has 0 unspecified atom stereocenters. The summed E-state index contributed by atoms with van der Waals surface area (Å²) in [5.74, 6) is 0.260. The molecule has 0 aromatic carbocycles. The average molecular weight is 429 g/mol. The van der Waals surface area contributed by atoms with E-state index in [1.807, 2.05) is 20.8 Å². The summed E-state index contributed by atoms with van der Waals surface area (Å²) in [5.41, 5.74) is -1.36. The number of rotatable bonds is 7. The summed E-state index contributed by atoms with van der Waals surface area (Å²) in [7, 11) is -1.50. The van der Waals surface area contributed by atoms with E-state index in [9.17, 15) is 9.59 Å². The standard InChI is InChI=1S/C21H40N2O5Si/c1-10-13-26-17(24)22-12-11-21(28-29(8)9)14-16(19(2,3)4)15-23(21)18(25)27-20(5,6)7/h10,16,29H,1,11-15H2,2-9H3,(H,22,24)/t16-,21-/m0/s1. The second-order valence-electron chi connectivity index (χ2n) is 10.0. The van der Waals surface area contributed by atoms with Gasteiger partial charge in [-0.1, -0.05) is 33.4 Å². The fraction of sp³-hybridized carbons (Fsp3) is 0.810. The van der Waals surface area contributed by atoms with Crippen LogP contribution in [0.1, 0.15) is 54.4 Å². The number of likely N-dealkylation sites (tertiary alicyclic amines) is 1. The van der Waals surface area contributed by atoms with Gasteiger partial charge in [-0.3, -0.25) is 4.90 Å². The van der Waals surface area contributed by atoms with Crippen LogP contribution in [0.2, 0.25) is 13.1 Å². The number of nitrogens with one attached hydrogen (secondary N) is 1. The molecule has 0 radical (unpaired) electrons. The number of carbonyl (C=O) groups is 2. The van der Waals surface area contributed by atoms with Gasteiger partial charge in [0, 0.05) is 19.5 Å². The van der Waals surface area contributed by atoms with Crippen LogP contribution in [0, 0.1) is 11.3 Å². The first-order chi connectivity index (χ1) is 13.2. The molecule has 0 bridgehead atoms. The van der Waals surface area contributed by atoms with Gasteiger partial charge in [-0.15, -0.1) is 0 Å². The molecule has 1 aliphatic rings. The zero-order valence-corrected chi connectivity index (χ0v) is 20.6. The molecular formula is C21H40N2O5Si. The molecule has 1 saturated heterocycles. The van der Waals surface area contributed by atoms with Crippen molar-refractivity contribution in [3.63, 3.8) is 0 Å². The molecule has 168 valence electrons. The minimum atomic E-state index is -1.50. The van der Waals surface area contributed by atoms with Crippen LogP contribution in [-0.4, -0.2) is 57.1 Å². The Morgan fingerprint density at radius 3 is 2.34 bits per heavy atom. The van der Waals surface area contributed by atoms with Crippen LogP contribution in [0.5, 0.6) is 0 Å². The number of ether oxygens (including phenoxy) is 2. The van der Waals surface area contributed by atoms with Gasteiger partial charge in [-0.25, -0.2) is 9.59 Å². The molecule has 29 heavy (non-hydrogen) atoms. The van der Waals surface area contributed by atoms with Crippen molar-refractivity contribution in [3.05, 3.63) is 12.7 Å². The van der Waals surface area contributed by atoms with E-state index >= 15 is 0 Å². The molecule has 1 aliphatic heterocycles. The summed E-state index contributed by atoms with van der Waals surface area (Å²) in [6.45, 7) is 20.9. The lowest BCUT2D eigenvalue weighted by Crippen LogP contribution is -2.54. The summed E-state index contributed by atoms with van der Waals surface area (Å²) in [6.07, 6.45) is 1.84. The van der Waals surface area contributed by atoms with Gasteiger partial charge in [0.2, 0.25) is 0 Å². The zero-order valence-electron chi connectivity index (χ0n) is 19.5. The summed E-state index contributed by atoms with van der Waals surface area (Å²) < 4.78 is 17.2. The third-order valence-electron chi connectivity index (χ3n) is 4.87. The van der Waals surface area contributed by atoms with Gasteiger partial charge in [0.1, 0.15) is 17.9 Å². The second kappa shape index (κ2) is 9.98. The minimum absolute atomic E-state index is 0.0141. The van der Waals surface area contributed by atoms with Crippen LogP contribution < -0.4 is 5.32 Å². The average Bonchev–Trinajstić information content (AvgIpc) is 2.90. The molecule has 2 atom stereocenters. The summed E-state index contributed by atoms with van der Waals surface area (Å²) in [5, 5.41) is 2.75. The predicted octanol–water partition coefficient (Wildman–Crippen LogP) is 4.29. The maximum Gasteiger partial charge on any atom is 0.412 e. The van der Waals surface area contributed by atoms with Crippen molar-refractivity contribution >= 4 is 21.2 Å². The minimum Gasteiger partial charge on any atom is -0.445 e. The molecule has 1 heterocycles. The maximum absolute atomic E-state index is 13.1. The van der Waals surface area contributed by atoms with E-state index in [-0.39, 0.29) is 24.0 Å². The highest BCUT2D eigenvalue weighted by atomic mass is 28.3. The quantitative estimate of drug-likeness (QED) is 0.483. The fourth-order valence-electron chi connectivity index (χ4n) is 3.48. The van der Waals surface area contributed by atoms with Gasteiger partial charge in [0.15, 0.2) is 9.04 Å². The number of hydrogen-bond acceptors (Lipinski definition) is 5. The van der Waals surface area contributed by atoms with Gasteiger partial charge >= 0.3 is 12.2 Å². The van der Waals surface area contributed by atoms with Crippen LogP contribution in [-0.2, 0) is 13.9 Å². The Kier molecular flexibility index (Phi) is 8.77. The third kappa shape index (κ3) is 8.01. The van der Waals surface area contributed by atoms with E-state index in [4.69, 9.17) is 13.9 Å². The maximum atomic E-state index is 13.1. The van der Waals surface area contributed by atoms with Crippen LogP contribution in [0.4, 0.5) is 9.59 Å². The Balaban J connectivity index is 3.08. The van der Waals surface area contributed by atoms with Crippen LogP contribution >= 0.6 is 0 Å². The molecule has 8 heteroatoms. The number of carbonyl (C=O) groups excluding carboxylic acids is 2. The molecule has 1 fully saturated rings. The molecule has 1 N–H and O–H groups in total. The fourth-order valence-corrected chi connectivity index (χ4v) is 4.70. The Morgan fingerprint density at radius 1 is 1.24 bits per heavy atom. The van der Waals surface area contributed by atoms with Crippen molar-refractivity contribution in [1.29, 1.82) is 0 Å². The lowest BCUT2D eigenvalue weighted by molar-refractivity contribution is -0.0722. The van der Waals surface area contributed by atoms with E-state index in [1.165, 1.54) is 6.08 Å². The molecule has 0 saturated carbocycles. The Bertz CT molecular complexity index is 583. The molecule has 1 rings (SSSR count). The highest BCUT2D eigenvalue weighted by Gasteiger charge is 2.52. The summed E-state index contributed by atoms with van der Waals surface area (Å²) in [4.78, 5) is 26.6. The first-order valence-corrected chi connectivity index (χ1v) is 13.2. The predicted molar refractivity (Wildman–Crippen MR) is 117 cm³/mol. The van der Waals surface area contributed by atoms with Crippen molar-refractivity contribution in [2.24, 2.45) is 11.3 Å².